The lowest BCUT2D eigenvalue weighted by Crippen LogP contribution is -2.01. The molecule has 0 aliphatic carbocycles. The Morgan fingerprint density at radius 1 is 1.15 bits per heavy atom. The number of nitrogens with one attached hydrogen (secondary N) is 1. The van der Waals surface area contributed by atoms with E-state index in [0.717, 1.165) is 11.3 Å². The number of nitro benzene ring substituents is 1. The maximum Gasteiger partial charge on any atom is 0.285 e. The number of anilines is 1. The second-order valence-corrected chi connectivity index (χ2v) is 5.55. The van der Waals surface area contributed by atoms with Gasteiger partial charge in [-0.25, -0.2) is 0 Å². The molecule has 0 unspecified atom stereocenters. The molecule has 0 spiro atoms. The van der Waals surface area contributed by atoms with Crippen molar-refractivity contribution in [3.05, 3.63) is 67.7 Å². The standard InChI is InChI=1S/C15H15BrN2O2/c1-10-3-4-12(7-11(10)2)9-17-13-5-6-14(16)15(8-13)18(19)20/h3-8,17H,9H2,1-2H3. The van der Waals surface area contributed by atoms with Crippen molar-refractivity contribution in [3.63, 3.8) is 0 Å². The predicted octanol–water partition coefficient (Wildman–Crippen LogP) is 4.59. The Morgan fingerprint density at radius 3 is 2.55 bits per heavy atom. The lowest BCUT2D eigenvalue weighted by molar-refractivity contribution is -0.385. The zero-order valence-corrected chi connectivity index (χ0v) is 12.9. The van der Waals surface area contributed by atoms with E-state index in [0.29, 0.717) is 11.0 Å². The van der Waals surface area contributed by atoms with Gasteiger partial charge < -0.3 is 5.32 Å². The summed E-state index contributed by atoms with van der Waals surface area (Å²) in [5, 5.41) is 14.1. The van der Waals surface area contributed by atoms with E-state index >= 15 is 0 Å². The molecule has 0 amide bonds. The molecule has 0 heterocycles. The molecule has 1 N–H and O–H groups in total. The summed E-state index contributed by atoms with van der Waals surface area (Å²) in [6.07, 6.45) is 0. The van der Waals surface area contributed by atoms with Gasteiger partial charge in [0.2, 0.25) is 0 Å². The summed E-state index contributed by atoms with van der Waals surface area (Å²) in [6, 6.07) is 11.3. The van der Waals surface area contributed by atoms with Crippen molar-refractivity contribution < 1.29 is 4.92 Å². The first kappa shape index (κ1) is 14.5. The molecule has 0 bridgehead atoms. The maximum atomic E-state index is 10.9. The molecule has 2 aromatic carbocycles. The van der Waals surface area contributed by atoms with Crippen molar-refractivity contribution in [3.8, 4) is 0 Å². The molecule has 0 atom stereocenters. The maximum absolute atomic E-state index is 10.9. The SMILES string of the molecule is Cc1ccc(CNc2ccc(Br)c([N+](=O)[O-])c2)cc1C. The molecule has 104 valence electrons. The van der Waals surface area contributed by atoms with Gasteiger partial charge in [0.25, 0.3) is 5.69 Å². The van der Waals surface area contributed by atoms with E-state index in [9.17, 15) is 10.1 Å². The van der Waals surface area contributed by atoms with E-state index in [4.69, 9.17) is 0 Å². The van der Waals surface area contributed by atoms with Crippen LogP contribution in [0.2, 0.25) is 0 Å². The highest BCUT2D eigenvalue weighted by Gasteiger charge is 2.12. The van der Waals surface area contributed by atoms with Crippen LogP contribution < -0.4 is 5.32 Å². The Hall–Kier alpha value is -1.88. The number of hydrogen-bond acceptors (Lipinski definition) is 3. The number of aryl methyl sites for hydroxylation is 2. The first-order valence-corrected chi connectivity index (χ1v) is 7.00. The summed E-state index contributed by atoms with van der Waals surface area (Å²) in [5.41, 5.74) is 4.45. The third kappa shape index (κ3) is 3.36. The molecule has 0 fully saturated rings. The van der Waals surface area contributed by atoms with Crippen LogP contribution in [0, 0.1) is 24.0 Å². The molecule has 0 aliphatic heterocycles. The number of benzene rings is 2. The highest BCUT2D eigenvalue weighted by atomic mass is 79.9. The Labute approximate surface area is 126 Å². The largest absolute Gasteiger partial charge is 0.381 e. The van der Waals surface area contributed by atoms with Gasteiger partial charge in [0.05, 0.1) is 9.40 Å². The zero-order chi connectivity index (χ0) is 14.7. The van der Waals surface area contributed by atoms with Crippen LogP contribution >= 0.6 is 15.9 Å². The average molecular weight is 335 g/mol. The Morgan fingerprint density at radius 2 is 1.90 bits per heavy atom. The zero-order valence-electron chi connectivity index (χ0n) is 11.3. The Bertz CT molecular complexity index is 656. The number of hydrogen-bond donors (Lipinski definition) is 1. The molecule has 0 radical (unpaired) electrons. The molecule has 2 aromatic rings. The number of halogens is 1. The normalized spacial score (nSPS) is 10.3. The molecular weight excluding hydrogens is 320 g/mol. The summed E-state index contributed by atoms with van der Waals surface area (Å²) < 4.78 is 0.485. The van der Waals surface area contributed by atoms with E-state index in [1.807, 2.05) is 6.07 Å². The van der Waals surface area contributed by atoms with Crippen LogP contribution in [0.5, 0.6) is 0 Å². The van der Waals surface area contributed by atoms with Crippen LogP contribution in [-0.2, 0) is 6.54 Å². The molecular formula is C15H15BrN2O2. The Balaban J connectivity index is 2.12. The van der Waals surface area contributed by atoms with Crippen molar-refractivity contribution in [2.45, 2.75) is 20.4 Å². The van der Waals surface area contributed by atoms with Gasteiger partial charge in [-0.3, -0.25) is 10.1 Å². The van der Waals surface area contributed by atoms with Crippen LogP contribution in [0.25, 0.3) is 0 Å². The van der Waals surface area contributed by atoms with Gasteiger partial charge in [0.1, 0.15) is 0 Å². The van der Waals surface area contributed by atoms with Crippen LogP contribution in [0.1, 0.15) is 16.7 Å². The van der Waals surface area contributed by atoms with E-state index < -0.39 is 4.92 Å². The third-order valence-electron chi connectivity index (χ3n) is 3.21. The summed E-state index contributed by atoms with van der Waals surface area (Å²) >= 11 is 3.18. The monoisotopic (exact) mass is 334 g/mol. The predicted molar refractivity (Wildman–Crippen MR) is 84.0 cm³/mol. The van der Waals surface area contributed by atoms with Gasteiger partial charge >= 0.3 is 0 Å². The second kappa shape index (κ2) is 6.05. The van der Waals surface area contributed by atoms with Crippen LogP contribution in [0.3, 0.4) is 0 Å². The van der Waals surface area contributed by atoms with Crippen LogP contribution in [0.4, 0.5) is 11.4 Å². The summed E-state index contributed by atoms with van der Waals surface area (Å²) in [7, 11) is 0. The van der Waals surface area contributed by atoms with Crippen LogP contribution in [-0.4, -0.2) is 4.92 Å². The van der Waals surface area contributed by atoms with Crippen molar-refractivity contribution in [2.75, 3.05) is 5.32 Å². The van der Waals surface area contributed by atoms with Crippen molar-refractivity contribution in [2.24, 2.45) is 0 Å². The molecule has 4 nitrogen and oxygen atoms in total. The quantitative estimate of drug-likeness (QED) is 0.657. The van der Waals surface area contributed by atoms with Crippen molar-refractivity contribution in [1.29, 1.82) is 0 Å². The molecule has 0 saturated carbocycles. The van der Waals surface area contributed by atoms with Gasteiger partial charge in [0, 0.05) is 18.3 Å². The van der Waals surface area contributed by atoms with Gasteiger partial charge in [-0.1, -0.05) is 18.2 Å². The summed E-state index contributed by atoms with van der Waals surface area (Å²) in [5.74, 6) is 0. The summed E-state index contributed by atoms with van der Waals surface area (Å²) in [6.45, 7) is 4.79. The molecule has 0 aliphatic rings. The fourth-order valence-electron chi connectivity index (χ4n) is 1.88. The molecule has 0 saturated heterocycles. The Kier molecular flexibility index (Phi) is 4.39. The molecule has 20 heavy (non-hydrogen) atoms. The number of nitrogens with zero attached hydrogens (tertiary/aromatic N) is 1. The second-order valence-electron chi connectivity index (χ2n) is 4.70. The minimum absolute atomic E-state index is 0.0649. The fraction of sp³-hybridized carbons (Fsp3) is 0.200. The highest BCUT2D eigenvalue weighted by molar-refractivity contribution is 9.10. The highest BCUT2D eigenvalue weighted by Crippen LogP contribution is 2.28. The van der Waals surface area contributed by atoms with E-state index in [1.165, 1.54) is 17.2 Å². The van der Waals surface area contributed by atoms with E-state index in [2.05, 4.69) is 53.3 Å². The van der Waals surface area contributed by atoms with Gasteiger partial charge in [0.15, 0.2) is 0 Å². The molecule has 2 rings (SSSR count). The number of nitro groups is 1. The topological polar surface area (TPSA) is 55.2 Å². The van der Waals surface area contributed by atoms with E-state index in [1.54, 1.807) is 6.07 Å². The van der Waals surface area contributed by atoms with Crippen molar-refractivity contribution >= 4 is 27.3 Å². The fourth-order valence-corrected chi connectivity index (χ4v) is 2.27. The first-order valence-electron chi connectivity index (χ1n) is 6.21. The minimum atomic E-state index is -0.398. The summed E-state index contributed by atoms with van der Waals surface area (Å²) in [4.78, 5) is 10.5. The smallest absolute Gasteiger partial charge is 0.285 e. The van der Waals surface area contributed by atoms with Crippen LogP contribution in [0.15, 0.2) is 40.9 Å². The van der Waals surface area contributed by atoms with E-state index in [-0.39, 0.29) is 5.69 Å². The molecule has 5 heteroatoms. The lowest BCUT2D eigenvalue weighted by atomic mass is 10.1. The van der Waals surface area contributed by atoms with Gasteiger partial charge in [-0.2, -0.15) is 0 Å². The lowest BCUT2D eigenvalue weighted by Gasteiger charge is -2.09. The molecule has 0 aromatic heterocycles. The third-order valence-corrected chi connectivity index (χ3v) is 3.88. The first-order chi connectivity index (χ1) is 9.47. The van der Waals surface area contributed by atoms with Gasteiger partial charge in [-0.05, 0) is 58.6 Å². The number of rotatable bonds is 4. The van der Waals surface area contributed by atoms with Gasteiger partial charge in [-0.15, -0.1) is 0 Å². The minimum Gasteiger partial charge on any atom is -0.381 e. The average Bonchev–Trinajstić information content (AvgIpc) is 2.41. The van der Waals surface area contributed by atoms with Crippen molar-refractivity contribution in [1.82, 2.24) is 0 Å².